The summed E-state index contributed by atoms with van der Waals surface area (Å²) in [5, 5.41) is 20.3. The van der Waals surface area contributed by atoms with Crippen molar-refractivity contribution in [2.75, 3.05) is 26.2 Å². The molecular formula is C18H36IN5O. The Morgan fingerprint density at radius 3 is 2.60 bits per heavy atom. The molecule has 1 aromatic heterocycles. The molecule has 3 N–H and O–H groups in total. The molecule has 0 aliphatic rings. The van der Waals surface area contributed by atoms with E-state index in [1.807, 2.05) is 6.92 Å². The Labute approximate surface area is 169 Å². The van der Waals surface area contributed by atoms with Gasteiger partial charge in [-0.2, -0.15) is 5.10 Å². The molecule has 1 rings (SSSR count). The van der Waals surface area contributed by atoms with E-state index in [-0.39, 0.29) is 30.6 Å². The van der Waals surface area contributed by atoms with Crippen LogP contribution in [0.1, 0.15) is 50.9 Å². The third-order valence-electron chi connectivity index (χ3n) is 4.03. The predicted octanol–water partition coefficient (Wildman–Crippen LogP) is 2.86. The molecule has 0 aliphatic heterocycles. The molecule has 0 aliphatic carbocycles. The summed E-state index contributed by atoms with van der Waals surface area (Å²) in [6.45, 7) is 12.0. The summed E-state index contributed by atoms with van der Waals surface area (Å²) in [4.78, 5) is 4.68. The highest BCUT2D eigenvalue weighted by Gasteiger charge is 2.07. The first-order valence-corrected chi connectivity index (χ1v) is 9.24. The third kappa shape index (κ3) is 10.0. The molecule has 0 saturated carbocycles. The van der Waals surface area contributed by atoms with Gasteiger partial charge in [0.05, 0.1) is 5.69 Å². The number of aliphatic hydroxyl groups is 1. The highest BCUT2D eigenvalue weighted by atomic mass is 127. The Kier molecular flexibility index (Phi) is 13.9. The zero-order valence-electron chi connectivity index (χ0n) is 16.2. The monoisotopic (exact) mass is 465 g/mol. The van der Waals surface area contributed by atoms with Gasteiger partial charge in [-0.15, -0.1) is 24.0 Å². The molecule has 25 heavy (non-hydrogen) atoms. The first-order chi connectivity index (χ1) is 11.6. The van der Waals surface area contributed by atoms with Gasteiger partial charge in [0, 0.05) is 38.5 Å². The number of halogens is 1. The Bertz CT molecular complexity index is 484. The van der Waals surface area contributed by atoms with E-state index < -0.39 is 0 Å². The lowest BCUT2D eigenvalue weighted by Crippen LogP contribution is -2.38. The van der Waals surface area contributed by atoms with Gasteiger partial charge in [-0.25, -0.2) is 0 Å². The van der Waals surface area contributed by atoms with E-state index in [9.17, 15) is 0 Å². The summed E-state index contributed by atoms with van der Waals surface area (Å²) in [6, 6.07) is 2.11. The van der Waals surface area contributed by atoms with E-state index in [4.69, 9.17) is 5.11 Å². The second kappa shape index (κ2) is 14.4. The number of guanidine groups is 1. The van der Waals surface area contributed by atoms with Gasteiger partial charge >= 0.3 is 0 Å². The van der Waals surface area contributed by atoms with Crippen LogP contribution in [-0.2, 0) is 6.54 Å². The molecule has 1 unspecified atom stereocenters. The molecule has 0 radical (unpaired) electrons. The maximum Gasteiger partial charge on any atom is 0.191 e. The minimum atomic E-state index is 0. The van der Waals surface area contributed by atoms with Crippen LogP contribution in [0.5, 0.6) is 0 Å². The molecule has 0 fully saturated rings. The van der Waals surface area contributed by atoms with Crippen molar-refractivity contribution in [2.24, 2.45) is 10.9 Å². The van der Waals surface area contributed by atoms with Crippen molar-refractivity contribution in [3.63, 3.8) is 0 Å². The van der Waals surface area contributed by atoms with E-state index in [2.05, 4.69) is 52.2 Å². The first-order valence-electron chi connectivity index (χ1n) is 9.24. The van der Waals surface area contributed by atoms with Crippen LogP contribution in [0, 0.1) is 19.8 Å². The molecule has 1 atom stereocenters. The lowest BCUT2D eigenvalue weighted by Gasteiger charge is -2.15. The molecule has 6 nitrogen and oxygen atoms in total. The average Bonchev–Trinajstić information content (AvgIpc) is 2.87. The fourth-order valence-electron chi connectivity index (χ4n) is 2.82. The van der Waals surface area contributed by atoms with Crippen LogP contribution in [0.2, 0.25) is 0 Å². The fourth-order valence-corrected chi connectivity index (χ4v) is 2.82. The lowest BCUT2D eigenvalue weighted by molar-refractivity contribution is 0.253. The molecule has 0 aromatic carbocycles. The van der Waals surface area contributed by atoms with Gasteiger partial charge in [0.15, 0.2) is 5.96 Å². The minimum absolute atomic E-state index is 0. The number of hydrogen-bond acceptors (Lipinski definition) is 3. The molecular weight excluding hydrogens is 429 g/mol. The zero-order chi connectivity index (χ0) is 17.8. The zero-order valence-corrected chi connectivity index (χ0v) is 18.5. The number of rotatable bonds is 11. The van der Waals surface area contributed by atoms with E-state index in [0.717, 1.165) is 63.5 Å². The minimum Gasteiger partial charge on any atom is -0.396 e. The van der Waals surface area contributed by atoms with Gasteiger partial charge in [0.1, 0.15) is 0 Å². The normalized spacial score (nSPS) is 12.6. The molecule has 1 aromatic rings. The number of aliphatic hydroxyl groups excluding tert-OH is 1. The van der Waals surface area contributed by atoms with Crippen LogP contribution in [0.25, 0.3) is 0 Å². The fraction of sp³-hybridized carbons (Fsp3) is 0.778. The Balaban J connectivity index is 0.00000576. The Morgan fingerprint density at radius 1 is 1.28 bits per heavy atom. The molecule has 7 heteroatoms. The van der Waals surface area contributed by atoms with Crippen LogP contribution in [-0.4, -0.2) is 47.1 Å². The highest BCUT2D eigenvalue weighted by Crippen LogP contribution is 2.11. The molecule has 146 valence electrons. The summed E-state index contributed by atoms with van der Waals surface area (Å²) >= 11 is 0. The second-order valence-corrected chi connectivity index (χ2v) is 6.32. The third-order valence-corrected chi connectivity index (χ3v) is 4.03. The van der Waals surface area contributed by atoms with Gasteiger partial charge in [0.2, 0.25) is 0 Å². The van der Waals surface area contributed by atoms with Gasteiger partial charge < -0.3 is 15.7 Å². The van der Waals surface area contributed by atoms with Gasteiger partial charge in [0.25, 0.3) is 0 Å². The number of nitrogens with zero attached hydrogens (tertiary/aromatic N) is 3. The van der Waals surface area contributed by atoms with Crippen molar-refractivity contribution in [1.82, 2.24) is 20.4 Å². The molecule has 0 bridgehead atoms. The summed E-state index contributed by atoms with van der Waals surface area (Å²) in [5.74, 6) is 1.33. The molecule has 0 spiro atoms. The summed E-state index contributed by atoms with van der Waals surface area (Å²) < 4.78 is 2.06. The second-order valence-electron chi connectivity index (χ2n) is 6.32. The summed E-state index contributed by atoms with van der Waals surface area (Å²) in [5.41, 5.74) is 2.28. The smallest absolute Gasteiger partial charge is 0.191 e. The van der Waals surface area contributed by atoms with Crippen molar-refractivity contribution >= 4 is 29.9 Å². The van der Waals surface area contributed by atoms with Crippen LogP contribution in [0.15, 0.2) is 11.1 Å². The SMILES string of the molecule is CCCC(CCO)CN=C(NCC)NCCCn1nc(C)cc1C.I. The summed E-state index contributed by atoms with van der Waals surface area (Å²) in [7, 11) is 0. The topological polar surface area (TPSA) is 74.5 Å². The number of hydrogen-bond donors (Lipinski definition) is 3. The quantitative estimate of drug-likeness (QED) is 0.203. The Hall–Kier alpha value is -0.830. The predicted molar refractivity (Wildman–Crippen MR) is 116 cm³/mol. The summed E-state index contributed by atoms with van der Waals surface area (Å²) in [6.07, 6.45) is 4.07. The maximum atomic E-state index is 9.15. The number of aryl methyl sites for hydroxylation is 3. The van der Waals surface area contributed by atoms with Crippen molar-refractivity contribution < 1.29 is 5.11 Å². The van der Waals surface area contributed by atoms with Gasteiger partial charge in [-0.1, -0.05) is 13.3 Å². The molecule has 1 heterocycles. The van der Waals surface area contributed by atoms with E-state index in [1.54, 1.807) is 0 Å². The molecule has 0 amide bonds. The standard InChI is InChI=1S/C18H35N5O.HI/c1-5-8-17(9-12-24)14-21-18(19-6-2)20-10-7-11-23-16(4)13-15(3)22-23;/h13,17,24H,5-12,14H2,1-4H3,(H2,19,20,21);1H. The van der Waals surface area contributed by atoms with Crippen molar-refractivity contribution in [2.45, 2.75) is 59.9 Å². The first kappa shape index (κ1) is 24.2. The van der Waals surface area contributed by atoms with E-state index in [1.165, 1.54) is 5.69 Å². The Morgan fingerprint density at radius 2 is 2.04 bits per heavy atom. The molecule has 0 saturated heterocycles. The maximum absolute atomic E-state index is 9.15. The van der Waals surface area contributed by atoms with E-state index >= 15 is 0 Å². The van der Waals surface area contributed by atoms with Crippen LogP contribution in [0.3, 0.4) is 0 Å². The number of nitrogens with one attached hydrogen (secondary N) is 2. The largest absolute Gasteiger partial charge is 0.396 e. The number of aromatic nitrogens is 2. The number of aliphatic imine (C=N–C) groups is 1. The van der Waals surface area contributed by atoms with Gasteiger partial charge in [-0.3, -0.25) is 9.67 Å². The highest BCUT2D eigenvalue weighted by molar-refractivity contribution is 14.0. The van der Waals surface area contributed by atoms with Crippen molar-refractivity contribution in [1.29, 1.82) is 0 Å². The van der Waals surface area contributed by atoms with Crippen LogP contribution in [0.4, 0.5) is 0 Å². The van der Waals surface area contributed by atoms with Gasteiger partial charge in [-0.05, 0) is 52.0 Å². The van der Waals surface area contributed by atoms with Crippen molar-refractivity contribution in [3.05, 3.63) is 17.5 Å². The van der Waals surface area contributed by atoms with Crippen LogP contribution >= 0.6 is 24.0 Å². The average molecular weight is 465 g/mol. The van der Waals surface area contributed by atoms with Crippen LogP contribution < -0.4 is 10.6 Å². The van der Waals surface area contributed by atoms with E-state index in [0.29, 0.717) is 5.92 Å². The van der Waals surface area contributed by atoms with Crippen molar-refractivity contribution in [3.8, 4) is 0 Å². The lowest BCUT2D eigenvalue weighted by atomic mass is 10.0.